The Bertz CT molecular complexity index is 1160. The van der Waals surface area contributed by atoms with Gasteiger partial charge in [-0.15, -0.1) is 0 Å². The van der Waals surface area contributed by atoms with Crippen molar-refractivity contribution in [2.75, 3.05) is 6.54 Å². The summed E-state index contributed by atoms with van der Waals surface area (Å²) >= 11 is 0. The molecule has 0 heterocycles. The number of amidine groups is 1. The van der Waals surface area contributed by atoms with E-state index in [-0.39, 0.29) is 41.4 Å². The van der Waals surface area contributed by atoms with Crippen LogP contribution in [0.25, 0.3) is 0 Å². The lowest BCUT2D eigenvalue weighted by Gasteiger charge is -2.35. The van der Waals surface area contributed by atoms with E-state index in [4.69, 9.17) is 27.3 Å². The van der Waals surface area contributed by atoms with Crippen LogP contribution in [0.5, 0.6) is 0 Å². The van der Waals surface area contributed by atoms with Gasteiger partial charge in [0.05, 0.1) is 0 Å². The predicted octanol–water partition coefficient (Wildman–Crippen LogP) is 3.65. The predicted molar refractivity (Wildman–Crippen MR) is 177 cm³/mol. The lowest BCUT2D eigenvalue weighted by Crippen LogP contribution is -2.56. The second kappa shape index (κ2) is 17.2. The molecule has 0 aliphatic heterocycles. The number of carbonyl (C=O) groups is 3. The summed E-state index contributed by atoms with van der Waals surface area (Å²) in [4.78, 5) is 45.4. The van der Waals surface area contributed by atoms with Crippen LogP contribution in [0.1, 0.15) is 109 Å². The Balaban J connectivity index is 1.83. The molecule has 2 fully saturated rings. The number of nitrogens with two attached hydrogens (primary N) is 3. The first kappa shape index (κ1) is 35.8. The molecule has 45 heavy (non-hydrogen) atoms. The Morgan fingerprint density at radius 2 is 1.47 bits per heavy atom. The van der Waals surface area contributed by atoms with E-state index in [1.807, 2.05) is 24.3 Å². The largest absolute Gasteiger partial charge is 0.458 e. The molecule has 250 valence electrons. The van der Waals surface area contributed by atoms with E-state index in [0.717, 1.165) is 63.4 Å². The molecule has 9 N–H and O–H groups in total. The van der Waals surface area contributed by atoms with Crippen LogP contribution in [-0.2, 0) is 25.5 Å². The minimum absolute atomic E-state index is 0.00499. The number of nitrogens with zero attached hydrogens (tertiary/aromatic N) is 1. The molecule has 2 amide bonds. The van der Waals surface area contributed by atoms with Crippen LogP contribution in [0, 0.1) is 23.2 Å². The van der Waals surface area contributed by atoms with Gasteiger partial charge in [0, 0.05) is 18.0 Å². The van der Waals surface area contributed by atoms with Gasteiger partial charge in [-0.1, -0.05) is 62.8 Å². The lowest BCUT2D eigenvalue weighted by atomic mass is 9.76. The van der Waals surface area contributed by atoms with Crippen molar-refractivity contribution >= 4 is 29.6 Å². The number of guanidine groups is 1. The number of aliphatic imine (C=N–C) groups is 1. The van der Waals surface area contributed by atoms with Gasteiger partial charge in [-0.3, -0.25) is 20.0 Å². The standard InChI is InChI=1S/C34H55N7O4/c1-34(2,3)45-32(44)27(15-10-20-39-33(37)38)40-31(43)28(24-13-8-5-9-14-24)41-30(42)26(23-11-6-4-7-12-23)21-22-16-18-25(19-17-22)29(35)36/h16-19,23-24,26-28H,4-15,20-21H2,1-3H3,(H3,35,36)(H,40,43)(H,41,42)(H4,37,38,39). The molecule has 2 saturated carbocycles. The average molecular weight is 626 g/mol. The number of carbonyl (C=O) groups excluding carboxylic acids is 3. The summed E-state index contributed by atoms with van der Waals surface area (Å²) < 4.78 is 5.64. The van der Waals surface area contributed by atoms with Gasteiger partial charge in [-0.25, -0.2) is 4.79 Å². The van der Waals surface area contributed by atoms with Crippen molar-refractivity contribution < 1.29 is 19.1 Å². The summed E-state index contributed by atoms with van der Waals surface area (Å²) in [5.41, 5.74) is 17.5. The smallest absolute Gasteiger partial charge is 0.329 e. The highest BCUT2D eigenvalue weighted by atomic mass is 16.6. The maximum absolute atomic E-state index is 14.2. The maximum Gasteiger partial charge on any atom is 0.329 e. The number of hydrogen-bond donors (Lipinski definition) is 6. The number of nitrogens with one attached hydrogen (secondary N) is 3. The van der Waals surface area contributed by atoms with E-state index >= 15 is 0 Å². The van der Waals surface area contributed by atoms with Gasteiger partial charge in [0.1, 0.15) is 23.5 Å². The van der Waals surface area contributed by atoms with Gasteiger partial charge in [0.2, 0.25) is 11.8 Å². The fourth-order valence-corrected chi connectivity index (χ4v) is 6.60. The Labute approximate surface area is 268 Å². The van der Waals surface area contributed by atoms with Gasteiger partial charge in [0.15, 0.2) is 5.96 Å². The average Bonchev–Trinajstić information content (AvgIpc) is 3.00. The maximum atomic E-state index is 14.2. The molecule has 3 rings (SSSR count). The van der Waals surface area contributed by atoms with Crippen LogP contribution in [0.15, 0.2) is 29.3 Å². The van der Waals surface area contributed by atoms with Gasteiger partial charge in [-0.05, 0) is 83.1 Å². The highest BCUT2D eigenvalue weighted by molar-refractivity contribution is 5.95. The van der Waals surface area contributed by atoms with Gasteiger partial charge in [-0.2, -0.15) is 0 Å². The lowest BCUT2D eigenvalue weighted by molar-refractivity contribution is -0.159. The summed E-state index contributed by atoms with van der Waals surface area (Å²) in [6.07, 6.45) is 11.3. The number of benzene rings is 1. The minimum Gasteiger partial charge on any atom is -0.458 e. The Kier molecular flexibility index (Phi) is 13.7. The zero-order chi connectivity index (χ0) is 33.0. The molecular weight excluding hydrogens is 570 g/mol. The van der Waals surface area contributed by atoms with Crippen molar-refractivity contribution in [2.24, 2.45) is 39.9 Å². The van der Waals surface area contributed by atoms with Crippen LogP contribution in [-0.4, -0.2) is 53.8 Å². The number of amides is 2. The van der Waals surface area contributed by atoms with E-state index in [0.29, 0.717) is 31.4 Å². The monoisotopic (exact) mass is 625 g/mol. The molecule has 0 spiro atoms. The van der Waals surface area contributed by atoms with Crippen molar-refractivity contribution in [3.05, 3.63) is 35.4 Å². The summed E-state index contributed by atoms with van der Waals surface area (Å²) in [6.45, 7) is 5.67. The first-order valence-electron chi connectivity index (χ1n) is 16.7. The van der Waals surface area contributed by atoms with Crippen LogP contribution in [0.3, 0.4) is 0 Å². The first-order valence-corrected chi connectivity index (χ1v) is 16.7. The highest BCUT2D eigenvalue weighted by Crippen LogP contribution is 2.33. The normalized spacial score (nSPS) is 18.2. The topological polar surface area (TPSA) is 199 Å². The molecule has 0 bridgehead atoms. The fourth-order valence-electron chi connectivity index (χ4n) is 6.60. The summed E-state index contributed by atoms with van der Waals surface area (Å²) in [5, 5.41) is 13.8. The molecule has 0 saturated heterocycles. The van der Waals surface area contributed by atoms with Crippen molar-refractivity contribution in [1.29, 1.82) is 5.41 Å². The molecule has 2 aliphatic rings. The molecule has 2 aliphatic carbocycles. The molecule has 0 radical (unpaired) electrons. The van der Waals surface area contributed by atoms with Crippen LogP contribution < -0.4 is 27.8 Å². The third kappa shape index (κ3) is 12.0. The Hall–Kier alpha value is -3.63. The van der Waals surface area contributed by atoms with Crippen LogP contribution in [0.2, 0.25) is 0 Å². The molecular formula is C34H55N7O4. The van der Waals surface area contributed by atoms with Crippen LogP contribution in [0.4, 0.5) is 0 Å². The Morgan fingerprint density at radius 3 is 2.00 bits per heavy atom. The van der Waals surface area contributed by atoms with Crippen molar-refractivity contribution in [1.82, 2.24) is 10.6 Å². The molecule has 3 unspecified atom stereocenters. The van der Waals surface area contributed by atoms with E-state index in [9.17, 15) is 14.4 Å². The first-order chi connectivity index (χ1) is 21.3. The molecule has 1 aromatic rings. The summed E-state index contributed by atoms with van der Waals surface area (Å²) in [7, 11) is 0. The van der Waals surface area contributed by atoms with E-state index in [1.54, 1.807) is 20.8 Å². The fraction of sp³-hybridized carbons (Fsp3) is 0.676. The summed E-state index contributed by atoms with van der Waals surface area (Å²) in [5.74, 6) is -1.14. The zero-order valence-corrected chi connectivity index (χ0v) is 27.4. The number of esters is 1. The molecule has 3 atom stereocenters. The van der Waals surface area contributed by atoms with Crippen molar-refractivity contribution in [3.8, 4) is 0 Å². The zero-order valence-electron chi connectivity index (χ0n) is 27.4. The molecule has 11 heteroatoms. The molecule has 11 nitrogen and oxygen atoms in total. The van der Waals surface area contributed by atoms with Crippen molar-refractivity contribution in [3.63, 3.8) is 0 Å². The third-order valence-electron chi connectivity index (χ3n) is 8.93. The van der Waals surface area contributed by atoms with Gasteiger partial charge >= 0.3 is 5.97 Å². The quantitative estimate of drug-likeness (QED) is 0.0784. The minimum atomic E-state index is -0.900. The summed E-state index contributed by atoms with van der Waals surface area (Å²) in [6, 6.07) is 5.83. The van der Waals surface area contributed by atoms with Crippen LogP contribution >= 0.6 is 0 Å². The van der Waals surface area contributed by atoms with E-state index in [1.165, 1.54) is 6.42 Å². The number of hydrogen-bond acceptors (Lipinski definition) is 6. The van der Waals surface area contributed by atoms with Gasteiger partial charge < -0.3 is 32.6 Å². The molecule has 1 aromatic carbocycles. The van der Waals surface area contributed by atoms with E-state index in [2.05, 4.69) is 15.6 Å². The third-order valence-corrected chi connectivity index (χ3v) is 8.93. The van der Waals surface area contributed by atoms with E-state index < -0.39 is 23.7 Å². The second-order valence-electron chi connectivity index (χ2n) is 13.7. The van der Waals surface area contributed by atoms with Crippen molar-refractivity contribution in [2.45, 2.75) is 122 Å². The Morgan fingerprint density at radius 1 is 0.889 bits per heavy atom. The number of nitrogen functional groups attached to an aromatic ring is 1. The molecule has 0 aromatic heterocycles. The number of ether oxygens (including phenoxy) is 1. The highest BCUT2D eigenvalue weighted by Gasteiger charge is 2.37. The van der Waals surface area contributed by atoms with Gasteiger partial charge in [0.25, 0.3) is 0 Å². The second-order valence-corrected chi connectivity index (χ2v) is 13.7. The number of rotatable bonds is 14. The SMILES string of the molecule is CC(C)(C)OC(=O)C(CCCN=C(N)N)NC(=O)C(NC(=O)C(Cc1ccc(C(=N)N)cc1)C1CCCCC1)C1CCCCC1.